The fraction of sp³-hybridized carbons (Fsp3) is 1.00. The van der Waals surface area contributed by atoms with E-state index in [0.717, 1.165) is 26.1 Å². The monoisotopic (exact) mass is 238 g/mol. The van der Waals surface area contributed by atoms with E-state index in [4.69, 9.17) is 9.47 Å². The number of ether oxygens (including phenoxy) is 2. The van der Waals surface area contributed by atoms with Gasteiger partial charge >= 0.3 is 0 Å². The van der Waals surface area contributed by atoms with Crippen molar-refractivity contribution >= 4 is 6.71 Å². The lowest BCUT2D eigenvalue weighted by Gasteiger charge is -2.54. The van der Waals surface area contributed by atoms with Gasteiger partial charge in [-0.05, 0) is 0 Å². The summed E-state index contributed by atoms with van der Waals surface area (Å²) in [6, 6.07) is 0. The molecule has 2 aliphatic heterocycles. The van der Waals surface area contributed by atoms with E-state index in [9.17, 15) is 0 Å². The molecule has 0 atom stereocenters. The van der Waals surface area contributed by atoms with Crippen LogP contribution in [-0.2, 0) is 9.47 Å². The average molecular weight is 238 g/mol. The molecule has 0 saturated carbocycles. The molecule has 1 spiro atoms. The molecule has 0 amide bonds. The van der Waals surface area contributed by atoms with Crippen LogP contribution in [0.25, 0.3) is 0 Å². The molecule has 3 heteroatoms. The molecule has 0 unspecified atom stereocenters. The van der Waals surface area contributed by atoms with Crippen molar-refractivity contribution in [2.75, 3.05) is 13.2 Å². The molecule has 0 aliphatic carbocycles. The van der Waals surface area contributed by atoms with Gasteiger partial charge in [-0.15, -0.1) is 0 Å². The Morgan fingerprint density at radius 3 is 1.65 bits per heavy atom. The lowest BCUT2D eigenvalue weighted by atomic mass is 9.16. The van der Waals surface area contributed by atoms with Crippen LogP contribution in [-0.4, -0.2) is 25.7 Å². The highest BCUT2D eigenvalue weighted by atomic mass is 16.7. The van der Waals surface area contributed by atoms with Crippen LogP contribution in [0.15, 0.2) is 0 Å². The summed E-state index contributed by atoms with van der Waals surface area (Å²) >= 11 is 0. The third-order valence-corrected chi connectivity index (χ3v) is 4.61. The first kappa shape index (κ1) is 13.4. The minimum absolute atomic E-state index is 0.278. The summed E-state index contributed by atoms with van der Waals surface area (Å²) in [5, 5.41) is 0.556. The Hall–Kier alpha value is -0.0151. The summed E-state index contributed by atoms with van der Waals surface area (Å²) in [6.45, 7) is 16.5. The summed E-state index contributed by atoms with van der Waals surface area (Å²) in [7, 11) is 0. The van der Waals surface area contributed by atoms with E-state index >= 15 is 0 Å². The van der Waals surface area contributed by atoms with Crippen LogP contribution < -0.4 is 0 Å². The van der Waals surface area contributed by atoms with Gasteiger partial charge in [0.2, 0.25) is 0 Å². The van der Waals surface area contributed by atoms with Crippen molar-refractivity contribution in [3.8, 4) is 0 Å². The van der Waals surface area contributed by atoms with Crippen molar-refractivity contribution in [3.63, 3.8) is 0 Å². The second-order valence-corrected chi connectivity index (χ2v) is 7.66. The molecule has 2 rings (SSSR count). The van der Waals surface area contributed by atoms with Crippen molar-refractivity contribution in [2.24, 2.45) is 0 Å². The molecule has 17 heavy (non-hydrogen) atoms. The molecule has 0 bridgehead atoms. The van der Waals surface area contributed by atoms with E-state index in [1.165, 1.54) is 0 Å². The molecule has 2 nitrogen and oxygen atoms in total. The Balaban J connectivity index is 2.31. The highest BCUT2D eigenvalue weighted by molar-refractivity contribution is 6.67. The van der Waals surface area contributed by atoms with E-state index in [1.54, 1.807) is 0 Å². The molecule has 2 aliphatic rings. The molecule has 0 aromatic carbocycles. The van der Waals surface area contributed by atoms with E-state index in [-0.39, 0.29) is 16.4 Å². The SMILES string of the molecule is CC(C)B1C(C)(C)CC2(CC1(C)C)OCCO2. The molecular weight excluding hydrogens is 211 g/mol. The molecule has 0 aromatic heterocycles. The summed E-state index contributed by atoms with van der Waals surface area (Å²) in [6.07, 6.45) is 2.07. The minimum Gasteiger partial charge on any atom is -0.348 e. The van der Waals surface area contributed by atoms with Gasteiger partial charge in [0.05, 0.1) is 13.2 Å². The van der Waals surface area contributed by atoms with Crippen LogP contribution in [0.3, 0.4) is 0 Å². The molecule has 2 fully saturated rings. The first-order valence-electron chi connectivity index (χ1n) is 6.97. The highest BCUT2D eigenvalue weighted by Crippen LogP contribution is 2.61. The Labute approximate surface area is 107 Å². The summed E-state index contributed by atoms with van der Waals surface area (Å²) < 4.78 is 11.9. The third kappa shape index (κ3) is 2.29. The fourth-order valence-electron chi connectivity index (χ4n) is 5.23. The standard InChI is InChI=1S/C14H27BO2/c1-11(2)15-12(3,4)9-14(10-13(15,5)6)16-7-8-17-14/h11H,7-10H2,1-6H3. The van der Waals surface area contributed by atoms with Crippen LogP contribution in [0.5, 0.6) is 0 Å². The van der Waals surface area contributed by atoms with Crippen LogP contribution >= 0.6 is 0 Å². The summed E-state index contributed by atoms with van der Waals surface area (Å²) in [5.41, 5.74) is 0. The Kier molecular flexibility index (Phi) is 3.15. The Bertz CT molecular complexity index is 271. The van der Waals surface area contributed by atoms with Crippen LogP contribution in [0.4, 0.5) is 0 Å². The van der Waals surface area contributed by atoms with E-state index in [1.807, 2.05) is 0 Å². The second-order valence-electron chi connectivity index (χ2n) is 7.66. The van der Waals surface area contributed by atoms with Gasteiger partial charge in [0.15, 0.2) is 12.5 Å². The summed E-state index contributed by atoms with van der Waals surface area (Å²) in [5.74, 6) is 0.414. The Morgan fingerprint density at radius 2 is 1.29 bits per heavy atom. The smallest absolute Gasteiger partial charge is 0.168 e. The maximum absolute atomic E-state index is 5.96. The van der Waals surface area contributed by atoms with E-state index in [0.29, 0.717) is 12.5 Å². The van der Waals surface area contributed by atoms with Crippen molar-refractivity contribution in [3.05, 3.63) is 0 Å². The van der Waals surface area contributed by atoms with Gasteiger partial charge in [0, 0.05) is 12.8 Å². The zero-order valence-corrected chi connectivity index (χ0v) is 12.3. The van der Waals surface area contributed by atoms with Crippen LogP contribution in [0, 0.1) is 0 Å². The molecular formula is C14H27BO2. The maximum Gasteiger partial charge on any atom is 0.168 e. The van der Waals surface area contributed by atoms with E-state index in [2.05, 4.69) is 41.5 Å². The molecule has 0 aromatic rings. The van der Waals surface area contributed by atoms with Gasteiger partial charge in [-0.3, -0.25) is 0 Å². The van der Waals surface area contributed by atoms with Gasteiger partial charge in [-0.25, -0.2) is 0 Å². The second kappa shape index (κ2) is 3.99. The van der Waals surface area contributed by atoms with Crippen molar-refractivity contribution in [2.45, 2.75) is 76.6 Å². The number of hydrogen-bond donors (Lipinski definition) is 0. The van der Waals surface area contributed by atoms with Gasteiger partial charge in [0.1, 0.15) is 0 Å². The molecule has 2 heterocycles. The summed E-state index contributed by atoms with van der Waals surface area (Å²) in [4.78, 5) is 0. The van der Waals surface area contributed by atoms with Gasteiger partial charge < -0.3 is 9.47 Å². The predicted octanol–water partition coefficient (Wildman–Crippen LogP) is 3.99. The maximum atomic E-state index is 5.96. The predicted molar refractivity (Wildman–Crippen MR) is 72.8 cm³/mol. The fourth-order valence-corrected chi connectivity index (χ4v) is 5.23. The molecule has 98 valence electrons. The zero-order valence-electron chi connectivity index (χ0n) is 12.3. The van der Waals surface area contributed by atoms with Crippen molar-refractivity contribution < 1.29 is 9.47 Å². The Morgan fingerprint density at radius 1 is 0.882 bits per heavy atom. The molecule has 0 N–H and O–H groups in total. The number of hydrogen-bond acceptors (Lipinski definition) is 2. The van der Waals surface area contributed by atoms with E-state index < -0.39 is 0 Å². The molecule has 0 radical (unpaired) electrons. The number of rotatable bonds is 1. The lowest BCUT2D eigenvalue weighted by Crippen LogP contribution is -2.53. The lowest BCUT2D eigenvalue weighted by molar-refractivity contribution is -0.182. The topological polar surface area (TPSA) is 18.5 Å². The van der Waals surface area contributed by atoms with Gasteiger partial charge in [-0.1, -0.05) is 58.0 Å². The van der Waals surface area contributed by atoms with Crippen LogP contribution in [0.1, 0.15) is 54.4 Å². The largest absolute Gasteiger partial charge is 0.348 e. The zero-order chi connectivity index (χ0) is 12.9. The van der Waals surface area contributed by atoms with Crippen LogP contribution in [0.2, 0.25) is 16.4 Å². The average Bonchev–Trinajstić information content (AvgIpc) is 2.45. The first-order chi connectivity index (χ1) is 7.69. The normalized spacial score (nSPS) is 30.2. The highest BCUT2D eigenvalue weighted by Gasteiger charge is 2.58. The third-order valence-electron chi connectivity index (χ3n) is 4.61. The minimum atomic E-state index is -0.293. The van der Waals surface area contributed by atoms with Crippen molar-refractivity contribution in [1.29, 1.82) is 0 Å². The van der Waals surface area contributed by atoms with Gasteiger partial charge in [0.25, 0.3) is 0 Å². The first-order valence-corrected chi connectivity index (χ1v) is 6.97. The van der Waals surface area contributed by atoms with Gasteiger partial charge in [-0.2, -0.15) is 0 Å². The van der Waals surface area contributed by atoms with Crippen molar-refractivity contribution in [1.82, 2.24) is 0 Å². The molecule has 2 saturated heterocycles. The quantitative estimate of drug-likeness (QED) is 0.643.